The maximum absolute atomic E-state index is 11.0. The first kappa shape index (κ1) is 15.2. The summed E-state index contributed by atoms with van der Waals surface area (Å²) in [7, 11) is 0. The minimum Gasteiger partial charge on any atom is -0.354 e. The third-order valence-electron chi connectivity index (χ3n) is 4.97. The van der Waals surface area contributed by atoms with E-state index in [1.165, 1.54) is 32.1 Å². The molecule has 2 aliphatic rings. The number of hydrogen-bond donors (Lipinski definition) is 1. The van der Waals surface area contributed by atoms with Crippen LogP contribution in [0.1, 0.15) is 64.7 Å². The van der Waals surface area contributed by atoms with Crippen molar-refractivity contribution in [1.29, 1.82) is 0 Å². The zero-order valence-corrected chi connectivity index (χ0v) is 12.4. The van der Waals surface area contributed by atoms with Gasteiger partial charge in [0.25, 0.3) is 0 Å². The molecular weight excluding hydrogens is 252 g/mol. The van der Waals surface area contributed by atoms with Crippen LogP contribution < -0.4 is 5.32 Å². The van der Waals surface area contributed by atoms with Crippen molar-refractivity contribution in [3.8, 4) is 0 Å². The number of amides is 1. The van der Waals surface area contributed by atoms with E-state index in [2.05, 4.69) is 10.3 Å². The van der Waals surface area contributed by atoms with Gasteiger partial charge < -0.3 is 5.32 Å². The third-order valence-corrected chi connectivity index (χ3v) is 4.97. The van der Waals surface area contributed by atoms with Gasteiger partial charge in [-0.2, -0.15) is 0 Å². The van der Waals surface area contributed by atoms with Gasteiger partial charge in [0.15, 0.2) is 0 Å². The molecule has 0 bridgehead atoms. The van der Waals surface area contributed by atoms with Crippen molar-refractivity contribution in [2.45, 2.75) is 76.8 Å². The third kappa shape index (κ3) is 4.75. The molecule has 0 spiro atoms. The molecule has 0 unspecified atom stereocenters. The van der Waals surface area contributed by atoms with Crippen LogP contribution in [-0.2, 0) is 9.59 Å². The van der Waals surface area contributed by atoms with Crippen molar-refractivity contribution in [2.75, 3.05) is 0 Å². The molecule has 2 fully saturated rings. The predicted octanol–water partition coefficient (Wildman–Crippen LogP) is 2.97. The van der Waals surface area contributed by atoms with Gasteiger partial charge in [-0.05, 0) is 69.6 Å². The van der Waals surface area contributed by atoms with E-state index >= 15 is 0 Å². The smallest absolute Gasteiger partial charge is 0.235 e. The Kier molecular flexibility index (Phi) is 5.78. The summed E-state index contributed by atoms with van der Waals surface area (Å²) in [6.45, 7) is 1.60. The highest BCUT2D eigenvalue weighted by molar-refractivity contribution is 5.73. The van der Waals surface area contributed by atoms with Crippen molar-refractivity contribution in [2.24, 2.45) is 16.8 Å². The molecule has 2 saturated carbocycles. The second kappa shape index (κ2) is 7.58. The molecule has 4 nitrogen and oxygen atoms in total. The number of carbonyl (C=O) groups is 1. The second-order valence-corrected chi connectivity index (χ2v) is 6.55. The fraction of sp³-hybridized carbons (Fsp3) is 0.875. The van der Waals surface area contributed by atoms with E-state index in [9.17, 15) is 9.59 Å². The molecule has 1 N–H and O–H groups in total. The quantitative estimate of drug-likeness (QED) is 0.635. The van der Waals surface area contributed by atoms with E-state index in [-0.39, 0.29) is 11.9 Å². The maximum atomic E-state index is 11.0. The molecule has 0 aromatic heterocycles. The van der Waals surface area contributed by atoms with Gasteiger partial charge in [0, 0.05) is 13.0 Å². The lowest BCUT2D eigenvalue weighted by molar-refractivity contribution is -0.119. The second-order valence-electron chi connectivity index (χ2n) is 6.55. The predicted molar refractivity (Wildman–Crippen MR) is 78.0 cm³/mol. The number of isocyanates is 1. The Morgan fingerprint density at radius 3 is 2.10 bits per heavy atom. The van der Waals surface area contributed by atoms with Gasteiger partial charge in [0.1, 0.15) is 0 Å². The van der Waals surface area contributed by atoms with E-state index < -0.39 is 0 Å². The summed E-state index contributed by atoms with van der Waals surface area (Å²) in [5, 5.41) is 3.04. The summed E-state index contributed by atoms with van der Waals surface area (Å²) in [6.07, 6.45) is 12.3. The highest BCUT2D eigenvalue weighted by atomic mass is 16.1. The molecule has 0 saturated heterocycles. The summed E-state index contributed by atoms with van der Waals surface area (Å²) in [5.41, 5.74) is 0. The Labute approximate surface area is 121 Å². The molecule has 20 heavy (non-hydrogen) atoms. The van der Waals surface area contributed by atoms with Crippen molar-refractivity contribution in [3.05, 3.63) is 0 Å². The Morgan fingerprint density at radius 1 is 1.05 bits per heavy atom. The van der Waals surface area contributed by atoms with Crippen LogP contribution >= 0.6 is 0 Å². The standard InChI is InChI=1S/C16H26N2O2/c1-12(20)18-16-8-4-14(5-9-16)10-13-2-6-15(7-3-13)17-11-19/h13-16H,2-10H2,1H3,(H,18,20). The topological polar surface area (TPSA) is 58.5 Å². The molecule has 0 aromatic rings. The Balaban J connectivity index is 1.66. The van der Waals surface area contributed by atoms with Gasteiger partial charge >= 0.3 is 0 Å². The number of rotatable bonds is 4. The SMILES string of the molecule is CC(=O)NC1CCC(CC2CCC(N=C=O)CC2)CC1. The van der Waals surface area contributed by atoms with Gasteiger partial charge in [0.05, 0.1) is 6.04 Å². The van der Waals surface area contributed by atoms with Gasteiger partial charge in [0.2, 0.25) is 12.0 Å². The largest absolute Gasteiger partial charge is 0.354 e. The van der Waals surface area contributed by atoms with Gasteiger partial charge in [-0.3, -0.25) is 4.79 Å². The van der Waals surface area contributed by atoms with Crippen LogP contribution in [0.5, 0.6) is 0 Å². The molecule has 0 aliphatic heterocycles. The lowest BCUT2D eigenvalue weighted by atomic mass is 9.76. The average molecular weight is 278 g/mol. The maximum Gasteiger partial charge on any atom is 0.235 e. The van der Waals surface area contributed by atoms with Crippen molar-refractivity contribution in [3.63, 3.8) is 0 Å². The summed E-state index contributed by atoms with van der Waals surface area (Å²) < 4.78 is 0. The van der Waals surface area contributed by atoms with Crippen molar-refractivity contribution in [1.82, 2.24) is 5.32 Å². The van der Waals surface area contributed by atoms with E-state index in [1.807, 2.05) is 0 Å². The van der Waals surface area contributed by atoms with Crippen LogP contribution in [-0.4, -0.2) is 24.1 Å². The number of nitrogens with zero attached hydrogens (tertiary/aromatic N) is 1. The highest BCUT2D eigenvalue weighted by Gasteiger charge is 2.27. The van der Waals surface area contributed by atoms with Gasteiger partial charge in [-0.25, -0.2) is 9.79 Å². The van der Waals surface area contributed by atoms with Gasteiger partial charge in [-0.15, -0.1) is 0 Å². The van der Waals surface area contributed by atoms with Crippen LogP contribution in [0.25, 0.3) is 0 Å². The molecule has 0 radical (unpaired) electrons. The van der Waals surface area contributed by atoms with Crippen LogP contribution in [0.4, 0.5) is 0 Å². The Morgan fingerprint density at radius 2 is 1.60 bits per heavy atom. The minimum atomic E-state index is 0.0995. The molecule has 4 heteroatoms. The lowest BCUT2D eigenvalue weighted by Crippen LogP contribution is -2.36. The average Bonchev–Trinajstić information content (AvgIpc) is 2.43. The normalized spacial score (nSPS) is 34.0. The molecule has 1 amide bonds. The molecule has 0 atom stereocenters. The Bertz CT molecular complexity index is 361. The fourth-order valence-electron chi connectivity index (χ4n) is 3.89. The van der Waals surface area contributed by atoms with Crippen LogP contribution in [0, 0.1) is 11.8 Å². The van der Waals surface area contributed by atoms with Gasteiger partial charge in [-0.1, -0.05) is 0 Å². The summed E-state index contributed by atoms with van der Waals surface area (Å²) in [5.74, 6) is 1.74. The number of hydrogen-bond acceptors (Lipinski definition) is 3. The first-order valence-electron chi connectivity index (χ1n) is 8.01. The van der Waals surface area contributed by atoms with Crippen LogP contribution in [0.2, 0.25) is 0 Å². The number of nitrogens with one attached hydrogen (secondary N) is 1. The van der Waals surface area contributed by atoms with E-state index in [0.29, 0.717) is 6.04 Å². The van der Waals surface area contributed by atoms with E-state index in [1.54, 1.807) is 13.0 Å². The summed E-state index contributed by atoms with van der Waals surface area (Å²) in [4.78, 5) is 25.2. The van der Waals surface area contributed by atoms with E-state index in [4.69, 9.17) is 0 Å². The first-order valence-corrected chi connectivity index (χ1v) is 8.01. The first-order chi connectivity index (χ1) is 9.67. The highest BCUT2D eigenvalue weighted by Crippen LogP contribution is 2.35. The number of carbonyl (C=O) groups excluding carboxylic acids is 2. The monoisotopic (exact) mass is 278 g/mol. The van der Waals surface area contributed by atoms with Crippen molar-refractivity contribution < 1.29 is 9.59 Å². The van der Waals surface area contributed by atoms with Crippen LogP contribution in [0.3, 0.4) is 0 Å². The molecule has 2 rings (SSSR count). The molecule has 112 valence electrons. The Hall–Kier alpha value is -1.15. The molecular formula is C16H26N2O2. The lowest BCUT2D eigenvalue weighted by Gasteiger charge is -2.33. The van der Waals surface area contributed by atoms with E-state index in [0.717, 1.165) is 37.5 Å². The summed E-state index contributed by atoms with van der Waals surface area (Å²) >= 11 is 0. The fourth-order valence-corrected chi connectivity index (χ4v) is 3.89. The zero-order chi connectivity index (χ0) is 14.4. The van der Waals surface area contributed by atoms with Crippen LogP contribution in [0.15, 0.2) is 4.99 Å². The minimum absolute atomic E-state index is 0.0995. The molecule has 0 aromatic carbocycles. The molecule has 0 heterocycles. The number of aliphatic imine (C=N–C) groups is 1. The summed E-state index contributed by atoms with van der Waals surface area (Å²) in [6, 6.07) is 0.640. The molecule has 2 aliphatic carbocycles. The van der Waals surface area contributed by atoms with Crippen molar-refractivity contribution >= 4 is 12.0 Å². The zero-order valence-electron chi connectivity index (χ0n) is 12.4.